The Morgan fingerprint density at radius 2 is 1.85 bits per heavy atom. The number of benzene rings is 2. The fourth-order valence-corrected chi connectivity index (χ4v) is 3.95. The van der Waals surface area contributed by atoms with E-state index in [1.165, 1.54) is 12.1 Å². The largest absolute Gasteiger partial charge is 0.455 e. The van der Waals surface area contributed by atoms with E-state index in [1.54, 1.807) is 18.2 Å². The first-order valence-corrected chi connectivity index (χ1v) is 9.56. The Morgan fingerprint density at radius 3 is 2.54 bits per heavy atom. The van der Waals surface area contributed by atoms with Crippen molar-refractivity contribution in [1.82, 2.24) is 0 Å². The molecule has 2 aromatic carbocycles. The molecule has 1 fully saturated rings. The van der Waals surface area contributed by atoms with Gasteiger partial charge in [0.05, 0.1) is 5.41 Å². The molecule has 136 valence electrons. The maximum Gasteiger partial charge on any atom is 0.317 e. The van der Waals surface area contributed by atoms with Gasteiger partial charge in [-0.2, -0.15) is 0 Å². The highest BCUT2D eigenvalue weighted by atomic mass is 127. The van der Waals surface area contributed by atoms with Crippen LogP contribution in [0, 0.1) is 9.39 Å². The van der Waals surface area contributed by atoms with Crippen LogP contribution in [-0.4, -0.2) is 18.5 Å². The van der Waals surface area contributed by atoms with Gasteiger partial charge in [0.1, 0.15) is 5.82 Å². The summed E-state index contributed by atoms with van der Waals surface area (Å²) in [5.74, 6) is -1.23. The molecule has 1 amide bonds. The van der Waals surface area contributed by atoms with Crippen molar-refractivity contribution in [3.05, 3.63) is 63.5 Å². The van der Waals surface area contributed by atoms with Gasteiger partial charge in [-0.25, -0.2) is 4.39 Å². The van der Waals surface area contributed by atoms with E-state index in [4.69, 9.17) is 4.74 Å². The molecule has 3 rings (SSSR count). The lowest BCUT2D eigenvalue weighted by Gasteiger charge is -2.27. The van der Waals surface area contributed by atoms with Crippen molar-refractivity contribution in [2.45, 2.75) is 31.1 Å². The van der Waals surface area contributed by atoms with E-state index in [0.717, 1.165) is 16.4 Å². The van der Waals surface area contributed by atoms with Gasteiger partial charge in [0.15, 0.2) is 6.61 Å². The number of rotatable bonds is 5. The summed E-state index contributed by atoms with van der Waals surface area (Å²) >= 11 is 2.15. The molecule has 1 saturated carbocycles. The molecule has 0 spiro atoms. The average molecular weight is 467 g/mol. The fraction of sp³-hybridized carbons (Fsp3) is 0.300. The number of esters is 1. The third-order valence-corrected chi connectivity index (χ3v) is 5.34. The molecule has 0 heterocycles. The molecule has 0 bridgehead atoms. The molecule has 0 aliphatic heterocycles. The SMILES string of the molecule is O=C(COC(=O)C1(c2cccc(F)c2)CCCC1)Nc1cccc(I)c1. The Bertz CT molecular complexity index is 818. The van der Waals surface area contributed by atoms with Gasteiger partial charge in [0, 0.05) is 9.26 Å². The predicted molar refractivity (Wildman–Crippen MR) is 105 cm³/mol. The second-order valence-corrected chi connectivity index (χ2v) is 7.68. The number of ether oxygens (including phenoxy) is 1. The van der Waals surface area contributed by atoms with Crippen molar-refractivity contribution in [3.63, 3.8) is 0 Å². The Labute approximate surface area is 165 Å². The van der Waals surface area contributed by atoms with Gasteiger partial charge in [-0.1, -0.05) is 31.0 Å². The van der Waals surface area contributed by atoms with Gasteiger partial charge in [-0.05, 0) is 71.3 Å². The lowest BCUT2D eigenvalue weighted by atomic mass is 9.79. The fourth-order valence-electron chi connectivity index (χ4n) is 3.41. The monoisotopic (exact) mass is 467 g/mol. The van der Waals surface area contributed by atoms with Crippen molar-refractivity contribution in [1.29, 1.82) is 0 Å². The van der Waals surface area contributed by atoms with Crippen LogP contribution < -0.4 is 5.32 Å². The van der Waals surface area contributed by atoms with Crippen molar-refractivity contribution < 1.29 is 18.7 Å². The van der Waals surface area contributed by atoms with E-state index < -0.39 is 17.3 Å². The molecule has 4 nitrogen and oxygen atoms in total. The zero-order chi connectivity index (χ0) is 18.6. The molecule has 0 unspecified atom stereocenters. The maximum atomic E-state index is 13.6. The first-order valence-electron chi connectivity index (χ1n) is 8.48. The van der Waals surface area contributed by atoms with Crippen LogP contribution in [0.3, 0.4) is 0 Å². The number of carbonyl (C=O) groups is 2. The molecule has 1 N–H and O–H groups in total. The normalized spacial score (nSPS) is 15.5. The van der Waals surface area contributed by atoms with Gasteiger partial charge in [-0.3, -0.25) is 9.59 Å². The molecule has 2 aromatic rings. The summed E-state index contributed by atoms with van der Waals surface area (Å²) < 4.78 is 19.9. The average Bonchev–Trinajstić information content (AvgIpc) is 3.11. The highest BCUT2D eigenvalue weighted by molar-refractivity contribution is 14.1. The molecule has 0 aromatic heterocycles. The highest BCUT2D eigenvalue weighted by Crippen LogP contribution is 2.42. The first-order chi connectivity index (χ1) is 12.5. The maximum absolute atomic E-state index is 13.6. The van der Waals surface area contributed by atoms with Crippen LogP contribution in [0.1, 0.15) is 31.2 Å². The second-order valence-electron chi connectivity index (χ2n) is 6.43. The number of carbonyl (C=O) groups excluding carboxylic acids is 2. The molecule has 0 atom stereocenters. The van der Waals surface area contributed by atoms with E-state index in [1.807, 2.05) is 18.2 Å². The molecule has 1 aliphatic rings. The molecular weight excluding hydrogens is 448 g/mol. The summed E-state index contributed by atoms with van der Waals surface area (Å²) in [5.41, 5.74) is 0.418. The van der Waals surface area contributed by atoms with Crippen LogP contribution >= 0.6 is 22.6 Å². The van der Waals surface area contributed by atoms with E-state index >= 15 is 0 Å². The summed E-state index contributed by atoms with van der Waals surface area (Å²) in [4.78, 5) is 24.9. The van der Waals surface area contributed by atoms with Crippen molar-refractivity contribution in [3.8, 4) is 0 Å². The third kappa shape index (κ3) is 4.23. The Balaban J connectivity index is 1.66. The van der Waals surface area contributed by atoms with E-state index in [0.29, 0.717) is 24.1 Å². The van der Waals surface area contributed by atoms with Gasteiger partial charge >= 0.3 is 5.97 Å². The van der Waals surface area contributed by atoms with Gasteiger partial charge in [0.2, 0.25) is 0 Å². The zero-order valence-corrected chi connectivity index (χ0v) is 16.3. The Kier molecular flexibility index (Phi) is 5.90. The highest BCUT2D eigenvalue weighted by Gasteiger charge is 2.44. The minimum absolute atomic E-state index is 0.360. The minimum atomic E-state index is -0.857. The Morgan fingerprint density at radius 1 is 1.12 bits per heavy atom. The Hall–Kier alpha value is -1.96. The summed E-state index contributed by atoms with van der Waals surface area (Å²) in [7, 11) is 0. The van der Waals surface area contributed by atoms with Crippen LogP contribution in [0.15, 0.2) is 48.5 Å². The van der Waals surface area contributed by atoms with Crippen LogP contribution in [0.5, 0.6) is 0 Å². The predicted octanol–water partition coefficient (Wildman–Crippen LogP) is 4.42. The third-order valence-electron chi connectivity index (χ3n) is 4.67. The smallest absolute Gasteiger partial charge is 0.317 e. The number of hydrogen-bond acceptors (Lipinski definition) is 3. The van der Waals surface area contributed by atoms with Crippen molar-refractivity contribution in [2.75, 3.05) is 11.9 Å². The number of hydrogen-bond donors (Lipinski definition) is 1. The van der Waals surface area contributed by atoms with Crippen LogP contribution in [0.4, 0.5) is 10.1 Å². The van der Waals surface area contributed by atoms with Gasteiger partial charge in [-0.15, -0.1) is 0 Å². The molecule has 26 heavy (non-hydrogen) atoms. The lowest BCUT2D eigenvalue weighted by Crippen LogP contribution is -2.36. The lowest BCUT2D eigenvalue weighted by molar-refractivity contribution is -0.153. The zero-order valence-electron chi connectivity index (χ0n) is 14.1. The quantitative estimate of drug-likeness (QED) is 0.523. The number of amides is 1. The van der Waals surface area contributed by atoms with Crippen LogP contribution in [0.2, 0.25) is 0 Å². The van der Waals surface area contributed by atoms with Crippen LogP contribution in [0.25, 0.3) is 0 Å². The summed E-state index contributed by atoms with van der Waals surface area (Å²) in [6.45, 7) is -0.360. The van der Waals surface area contributed by atoms with Crippen molar-refractivity contribution >= 4 is 40.2 Å². The van der Waals surface area contributed by atoms with E-state index in [-0.39, 0.29) is 12.4 Å². The van der Waals surface area contributed by atoms with E-state index in [2.05, 4.69) is 27.9 Å². The molecule has 1 aliphatic carbocycles. The number of nitrogens with one attached hydrogen (secondary N) is 1. The van der Waals surface area contributed by atoms with Gasteiger partial charge in [0.25, 0.3) is 5.91 Å². The molecular formula is C20H19FINO3. The summed E-state index contributed by atoms with van der Waals surface area (Å²) in [6, 6.07) is 13.4. The molecule has 0 saturated heterocycles. The standard InChI is InChI=1S/C20H19FINO3/c21-15-6-3-5-14(11-15)20(9-1-2-10-20)19(25)26-13-18(24)23-17-8-4-7-16(22)12-17/h3-8,11-12H,1-2,9-10,13H2,(H,23,24). The van der Waals surface area contributed by atoms with Crippen LogP contribution in [-0.2, 0) is 19.7 Å². The number of halogens is 2. The van der Waals surface area contributed by atoms with Gasteiger partial charge < -0.3 is 10.1 Å². The molecule has 0 radical (unpaired) electrons. The topological polar surface area (TPSA) is 55.4 Å². The molecule has 6 heteroatoms. The van der Waals surface area contributed by atoms with Crippen molar-refractivity contribution in [2.24, 2.45) is 0 Å². The minimum Gasteiger partial charge on any atom is -0.455 e. The second kappa shape index (κ2) is 8.16. The van der Waals surface area contributed by atoms with E-state index in [9.17, 15) is 14.0 Å². The summed E-state index contributed by atoms with van der Waals surface area (Å²) in [5, 5.41) is 2.71. The first kappa shape index (κ1) is 18.8. The summed E-state index contributed by atoms with van der Waals surface area (Å²) in [6.07, 6.45) is 2.96. The number of anilines is 1.